The van der Waals surface area contributed by atoms with Gasteiger partial charge in [0.1, 0.15) is 0 Å². The molecule has 1 heterocycles. The Morgan fingerprint density at radius 3 is 3.00 bits per heavy atom. The van der Waals surface area contributed by atoms with Crippen LogP contribution in [0.5, 0.6) is 0 Å². The van der Waals surface area contributed by atoms with Gasteiger partial charge in [0.05, 0.1) is 0 Å². The van der Waals surface area contributed by atoms with Gasteiger partial charge in [0, 0.05) is 41.2 Å². The average molecular weight is 199 g/mol. The molecule has 0 saturated carbocycles. The smallest absolute Gasteiger partial charge is 0.222 e. The number of nitrogens with one attached hydrogen (secondary N) is 1. The maximum absolute atomic E-state index is 10.7. The SMILES string of the molecule is Cc1ccnc(NCCS(C)=O)n1. The van der Waals surface area contributed by atoms with Crippen molar-refractivity contribution < 1.29 is 4.21 Å². The summed E-state index contributed by atoms with van der Waals surface area (Å²) in [5.74, 6) is 1.22. The van der Waals surface area contributed by atoms with E-state index in [9.17, 15) is 4.21 Å². The van der Waals surface area contributed by atoms with Crippen molar-refractivity contribution in [3.05, 3.63) is 18.0 Å². The molecule has 0 aliphatic rings. The van der Waals surface area contributed by atoms with E-state index >= 15 is 0 Å². The highest BCUT2D eigenvalue weighted by Gasteiger charge is 1.95. The zero-order valence-electron chi connectivity index (χ0n) is 7.78. The summed E-state index contributed by atoms with van der Waals surface area (Å²) in [4.78, 5) is 8.16. The fraction of sp³-hybridized carbons (Fsp3) is 0.500. The molecular formula is C8H13N3OS. The van der Waals surface area contributed by atoms with Crippen LogP contribution in [0.4, 0.5) is 5.95 Å². The van der Waals surface area contributed by atoms with Crippen molar-refractivity contribution in [2.24, 2.45) is 0 Å². The minimum atomic E-state index is -0.763. The highest BCUT2D eigenvalue weighted by Crippen LogP contribution is 1.97. The van der Waals surface area contributed by atoms with E-state index in [0.717, 1.165) is 5.69 Å². The lowest BCUT2D eigenvalue weighted by atomic mass is 10.5. The fourth-order valence-corrected chi connectivity index (χ4v) is 1.23. The number of aryl methyl sites for hydroxylation is 1. The zero-order chi connectivity index (χ0) is 9.68. The van der Waals surface area contributed by atoms with E-state index in [2.05, 4.69) is 15.3 Å². The van der Waals surface area contributed by atoms with Crippen molar-refractivity contribution in [2.75, 3.05) is 23.9 Å². The van der Waals surface area contributed by atoms with Crippen LogP contribution in [-0.4, -0.2) is 32.7 Å². The molecule has 0 bridgehead atoms. The maximum atomic E-state index is 10.7. The van der Waals surface area contributed by atoms with Gasteiger partial charge in [-0.15, -0.1) is 0 Å². The lowest BCUT2D eigenvalue weighted by molar-refractivity contribution is 0.687. The van der Waals surface area contributed by atoms with Gasteiger partial charge >= 0.3 is 0 Å². The van der Waals surface area contributed by atoms with Gasteiger partial charge in [-0.25, -0.2) is 9.97 Å². The molecule has 1 unspecified atom stereocenters. The first-order chi connectivity index (χ1) is 6.18. The van der Waals surface area contributed by atoms with Crippen LogP contribution in [-0.2, 0) is 10.8 Å². The highest BCUT2D eigenvalue weighted by atomic mass is 32.2. The Labute approximate surface area is 80.3 Å². The monoisotopic (exact) mass is 199 g/mol. The summed E-state index contributed by atoms with van der Waals surface area (Å²) in [7, 11) is -0.763. The van der Waals surface area contributed by atoms with Crippen molar-refractivity contribution in [3.8, 4) is 0 Å². The van der Waals surface area contributed by atoms with E-state index in [1.54, 1.807) is 12.5 Å². The molecular weight excluding hydrogens is 186 g/mol. The van der Waals surface area contributed by atoms with Gasteiger partial charge in [-0.05, 0) is 13.0 Å². The molecule has 13 heavy (non-hydrogen) atoms. The Balaban J connectivity index is 2.41. The first-order valence-electron chi connectivity index (χ1n) is 4.02. The lowest BCUT2D eigenvalue weighted by Gasteiger charge is -2.02. The van der Waals surface area contributed by atoms with Gasteiger partial charge in [-0.1, -0.05) is 0 Å². The van der Waals surface area contributed by atoms with E-state index in [-0.39, 0.29) is 0 Å². The first-order valence-corrected chi connectivity index (χ1v) is 5.75. The summed E-state index contributed by atoms with van der Waals surface area (Å²) in [6.07, 6.45) is 3.38. The second kappa shape index (κ2) is 4.91. The summed E-state index contributed by atoms with van der Waals surface area (Å²) < 4.78 is 10.7. The zero-order valence-corrected chi connectivity index (χ0v) is 8.60. The summed E-state index contributed by atoms with van der Waals surface area (Å²) in [5, 5.41) is 3.00. The highest BCUT2D eigenvalue weighted by molar-refractivity contribution is 7.84. The van der Waals surface area contributed by atoms with Crippen LogP contribution >= 0.6 is 0 Å². The third kappa shape index (κ3) is 3.98. The molecule has 1 N–H and O–H groups in total. The Morgan fingerprint density at radius 1 is 1.62 bits per heavy atom. The second-order valence-corrected chi connectivity index (χ2v) is 4.28. The van der Waals surface area contributed by atoms with E-state index in [1.807, 2.05) is 13.0 Å². The van der Waals surface area contributed by atoms with E-state index in [1.165, 1.54) is 0 Å². The Hall–Kier alpha value is -0.970. The molecule has 1 aromatic rings. The fourth-order valence-electron chi connectivity index (χ4n) is 0.841. The van der Waals surface area contributed by atoms with Gasteiger partial charge in [-0.3, -0.25) is 4.21 Å². The van der Waals surface area contributed by atoms with Crippen molar-refractivity contribution in [3.63, 3.8) is 0 Å². The second-order valence-electron chi connectivity index (χ2n) is 2.73. The Bertz CT molecular complexity index is 303. The van der Waals surface area contributed by atoms with Crippen LogP contribution in [0.1, 0.15) is 5.69 Å². The standard InChI is InChI=1S/C8H13N3OS/c1-7-3-4-9-8(11-7)10-5-6-13(2)12/h3-4H,5-6H2,1-2H3,(H,9,10,11). The normalized spacial score (nSPS) is 12.5. The third-order valence-electron chi connectivity index (χ3n) is 1.47. The van der Waals surface area contributed by atoms with E-state index < -0.39 is 10.8 Å². The van der Waals surface area contributed by atoms with Gasteiger partial charge in [-0.2, -0.15) is 0 Å². The van der Waals surface area contributed by atoms with Gasteiger partial charge in [0.25, 0.3) is 0 Å². The number of nitrogens with zero attached hydrogens (tertiary/aromatic N) is 2. The van der Waals surface area contributed by atoms with Crippen molar-refractivity contribution >= 4 is 16.7 Å². The first kappa shape index (κ1) is 10.1. The van der Waals surface area contributed by atoms with Crippen molar-refractivity contribution in [1.29, 1.82) is 0 Å². The molecule has 0 radical (unpaired) electrons. The topological polar surface area (TPSA) is 54.9 Å². The number of hydrogen-bond donors (Lipinski definition) is 1. The molecule has 1 atom stereocenters. The molecule has 1 rings (SSSR count). The predicted octanol–water partition coefficient (Wildman–Crippen LogP) is 0.575. The van der Waals surface area contributed by atoms with Crippen LogP contribution < -0.4 is 5.32 Å². The quantitative estimate of drug-likeness (QED) is 0.770. The number of hydrogen-bond acceptors (Lipinski definition) is 4. The predicted molar refractivity (Wildman–Crippen MR) is 54.2 cm³/mol. The molecule has 0 fully saturated rings. The van der Waals surface area contributed by atoms with Crippen LogP contribution in [0.2, 0.25) is 0 Å². The Morgan fingerprint density at radius 2 is 2.38 bits per heavy atom. The number of aromatic nitrogens is 2. The van der Waals surface area contributed by atoms with Gasteiger partial charge in [0.2, 0.25) is 5.95 Å². The maximum Gasteiger partial charge on any atom is 0.222 e. The molecule has 4 nitrogen and oxygen atoms in total. The molecule has 0 amide bonds. The average Bonchev–Trinajstić information content (AvgIpc) is 2.03. The van der Waals surface area contributed by atoms with E-state index in [4.69, 9.17) is 0 Å². The van der Waals surface area contributed by atoms with Crippen LogP contribution in [0, 0.1) is 6.92 Å². The summed E-state index contributed by atoms with van der Waals surface area (Å²) in [5.41, 5.74) is 0.926. The number of anilines is 1. The molecule has 72 valence electrons. The molecule has 0 saturated heterocycles. The van der Waals surface area contributed by atoms with Gasteiger partial charge in [0.15, 0.2) is 0 Å². The third-order valence-corrected chi connectivity index (χ3v) is 2.25. The Kier molecular flexibility index (Phi) is 3.82. The van der Waals surface area contributed by atoms with Crippen LogP contribution in [0.15, 0.2) is 12.3 Å². The minimum Gasteiger partial charge on any atom is -0.353 e. The minimum absolute atomic E-state index is 0.602. The molecule has 0 spiro atoms. The molecule has 0 aromatic carbocycles. The molecule has 0 aliphatic carbocycles. The summed E-state index contributed by atoms with van der Waals surface area (Å²) >= 11 is 0. The van der Waals surface area contributed by atoms with E-state index in [0.29, 0.717) is 18.2 Å². The largest absolute Gasteiger partial charge is 0.353 e. The lowest BCUT2D eigenvalue weighted by Crippen LogP contribution is -2.11. The molecule has 1 aromatic heterocycles. The van der Waals surface area contributed by atoms with Crippen LogP contribution in [0.25, 0.3) is 0 Å². The summed E-state index contributed by atoms with van der Waals surface area (Å²) in [6.45, 7) is 2.55. The van der Waals surface area contributed by atoms with Crippen molar-refractivity contribution in [1.82, 2.24) is 9.97 Å². The number of rotatable bonds is 4. The van der Waals surface area contributed by atoms with Crippen molar-refractivity contribution in [2.45, 2.75) is 6.92 Å². The molecule has 5 heteroatoms. The van der Waals surface area contributed by atoms with Gasteiger partial charge < -0.3 is 5.32 Å². The summed E-state index contributed by atoms with van der Waals surface area (Å²) in [6, 6.07) is 1.84. The molecule has 0 aliphatic heterocycles. The van der Waals surface area contributed by atoms with Crippen LogP contribution in [0.3, 0.4) is 0 Å².